The first kappa shape index (κ1) is 16.5. The molecule has 8 heteroatoms. The summed E-state index contributed by atoms with van der Waals surface area (Å²) in [5.74, 6) is 1.15. The van der Waals surface area contributed by atoms with Crippen molar-refractivity contribution in [2.45, 2.75) is 51.6 Å². The van der Waals surface area contributed by atoms with Crippen LogP contribution >= 0.6 is 0 Å². The monoisotopic (exact) mass is 332 g/mol. The highest BCUT2D eigenvalue weighted by Gasteiger charge is 2.30. The van der Waals surface area contributed by atoms with Crippen LogP contribution in [0.25, 0.3) is 0 Å². The molecule has 0 spiro atoms. The summed E-state index contributed by atoms with van der Waals surface area (Å²) < 4.78 is 3.41. The smallest absolute Gasteiger partial charge is 0.341 e. The first-order valence-corrected chi connectivity index (χ1v) is 8.58. The first-order valence-electron chi connectivity index (χ1n) is 8.58. The number of amides is 1. The molecule has 3 heterocycles. The lowest BCUT2D eigenvalue weighted by Gasteiger charge is -2.33. The molecule has 0 saturated carbocycles. The van der Waals surface area contributed by atoms with E-state index in [1.165, 1.54) is 0 Å². The van der Waals surface area contributed by atoms with Crippen LogP contribution in [-0.4, -0.2) is 48.4 Å². The lowest BCUT2D eigenvalue weighted by atomic mass is 9.95. The standard InChI is InChI=1S/C16H24N6O2/c1-3-13(22-9-5-8-17-22)15(23)20-10-6-12(7-11-20)14-18-19-16(24)21(14)4-2/h5,8-9,12-13H,3-4,6-7,10-11H2,1-2H3,(H,19,24)/t13-/m1/s1. The molecular weight excluding hydrogens is 308 g/mol. The highest BCUT2D eigenvalue weighted by molar-refractivity contribution is 5.80. The Hall–Kier alpha value is -2.38. The molecule has 0 aliphatic carbocycles. The Bertz CT molecular complexity index is 724. The zero-order chi connectivity index (χ0) is 17.1. The molecule has 24 heavy (non-hydrogen) atoms. The number of H-pyrrole nitrogens is 1. The number of rotatable bonds is 5. The van der Waals surface area contributed by atoms with Crippen molar-refractivity contribution < 1.29 is 4.79 Å². The summed E-state index contributed by atoms with van der Waals surface area (Å²) in [5.41, 5.74) is -0.157. The van der Waals surface area contributed by atoms with Gasteiger partial charge in [0.2, 0.25) is 5.91 Å². The third kappa shape index (κ3) is 3.00. The van der Waals surface area contributed by atoms with Crippen LogP contribution in [0.2, 0.25) is 0 Å². The molecule has 0 bridgehead atoms. The molecule has 2 aromatic heterocycles. The van der Waals surface area contributed by atoms with E-state index in [9.17, 15) is 9.59 Å². The molecule has 1 atom stereocenters. The molecule has 1 aliphatic rings. The third-order valence-electron chi connectivity index (χ3n) is 4.79. The third-order valence-corrected chi connectivity index (χ3v) is 4.79. The molecule has 1 N–H and O–H groups in total. The lowest BCUT2D eigenvalue weighted by Crippen LogP contribution is -2.42. The van der Waals surface area contributed by atoms with Gasteiger partial charge in [0.05, 0.1) is 0 Å². The fraction of sp³-hybridized carbons (Fsp3) is 0.625. The minimum Gasteiger partial charge on any atom is -0.341 e. The molecule has 1 saturated heterocycles. The maximum absolute atomic E-state index is 12.8. The minimum absolute atomic E-state index is 0.120. The van der Waals surface area contributed by atoms with Gasteiger partial charge in [0, 0.05) is 37.9 Å². The van der Waals surface area contributed by atoms with Crippen LogP contribution in [0.3, 0.4) is 0 Å². The maximum atomic E-state index is 12.8. The summed E-state index contributed by atoms with van der Waals surface area (Å²) in [6.07, 6.45) is 5.90. The Morgan fingerprint density at radius 3 is 2.71 bits per heavy atom. The van der Waals surface area contributed by atoms with Gasteiger partial charge in [0.15, 0.2) is 0 Å². The predicted octanol–water partition coefficient (Wildman–Crippen LogP) is 1.15. The number of likely N-dealkylation sites (tertiary alicyclic amines) is 1. The quantitative estimate of drug-likeness (QED) is 0.889. The lowest BCUT2D eigenvalue weighted by molar-refractivity contribution is -0.136. The van der Waals surface area contributed by atoms with Crippen LogP contribution in [0.5, 0.6) is 0 Å². The van der Waals surface area contributed by atoms with Crippen LogP contribution in [0.4, 0.5) is 0 Å². The van der Waals surface area contributed by atoms with Crippen molar-refractivity contribution in [1.29, 1.82) is 0 Å². The number of aromatic nitrogens is 5. The molecule has 3 rings (SSSR count). The number of aromatic amines is 1. The van der Waals surface area contributed by atoms with Crippen LogP contribution in [-0.2, 0) is 11.3 Å². The summed E-state index contributed by atoms with van der Waals surface area (Å²) >= 11 is 0. The predicted molar refractivity (Wildman–Crippen MR) is 88.6 cm³/mol. The van der Waals surface area contributed by atoms with E-state index in [1.807, 2.05) is 31.0 Å². The topological polar surface area (TPSA) is 88.8 Å². The van der Waals surface area contributed by atoms with Crippen molar-refractivity contribution in [3.8, 4) is 0 Å². The number of hydrogen-bond donors (Lipinski definition) is 1. The average Bonchev–Trinajstić information content (AvgIpc) is 3.25. The second kappa shape index (κ2) is 7.02. The van der Waals surface area contributed by atoms with Crippen molar-refractivity contribution in [3.63, 3.8) is 0 Å². The maximum Gasteiger partial charge on any atom is 0.343 e. The molecule has 0 aromatic carbocycles. The second-order valence-electron chi connectivity index (χ2n) is 6.14. The van der Waals surface area contributed by atoms with E-state index in [4.69, 9.17) is 0 Å². The van der Waals surface area contributed by atoms with Gasteiger partial charge < -0.3 is 4.90 Å². The van der Waals surface area contributed by atoms with Crippen LogP contribution in [0.15, 0.2) is 23.3 Å². The molecular formula is C16H24N6O2. The Morgan fingerprint density at radius 1 is 1.38 bits per heavy atom. The highest BCUT2D eigenvalue weighted by Crippen LogP contribution is 2.27. The summed E-state index contributed by atoms with van der Waals surface area (Å²) in [5, 5.41) is 10.9. The Kier molecular flexibility index (Phi) is 4.82. The van der Waals surface area contributed by atoms with Crippen molar-refractivity contribution in [2.75, 3.05) is 13.1 Å². The fourth-order valence-electron chi connectivity index (χ4n) is 3.46. The Balaban J connectivity index is 1.66. The number of hydrogen-bond acceptors (Lipinski definition) is 4. The fourth-order valence-corrected chi connectivity index (χ4v) is 3.46. The summed E-state index contributed by atoms with van der Waals surface area (Å²) in [4.78, 5) is 26.4. The van der Waals surface area contributed by atoms with Crippen molar-refractivity contribution in [2.24, 2.45) is 0 Å². The Labute approximate surface area is 140 Å². The van der Waals surface area contributed by atoms with E-state index < -0.39 is 0 Å². The number of carbonyl (C=O) groups excluding carboxylic acids is 1. The average molecular weight is 332 g/mol. The van der Waals surface area contributed by atoms with E-state index in [0.29, 0.717) is 19.6 Å². The zero-order valence-electron chi connectivity index (χ0n) is 14.2. The van der Waals surface area contributed by atoms with E-state index in [-0.39, 0.29) is 23.6 Å². The van der Waals surface area contributed by atoms with Gasteiger partial charge in [-0.15, -0.1) is 0 Å². The summed E-state index contributed by atoms with van der Waals surface area (Å²) in [6, 6.07) is 1.60. The summed E-state index contributed by atoms with van der Waals surface area (Å²) in [7, 11) is 0. The molecule has 130 valence electrons. The van der Waals surface area contributed by atoms with Crippen LogP contribution in [0, 0.1) is 0 Å². The van der Waals surface area contributed by atoms with E-state index in [1.54, 1.807) is 15.4 Å². The van der Waals surface area contributed by atoms with Gasteiger partial charge in [-0.2, -0.15) is 10.2 Å². The molecule has 1 amide bonds. The molecule has 2 aromatic rings. The zero-order valence-corrected chi connectivity index (χ0v) is 14.2. The summed E-state index contributed by atoms with van der Waals surface area (Å²) in [6.45, 7) is 5.93. The van der Waals surface area contributed by atoms with Gasteiger partial charge in [-0.25, -0.2) is 9.89 Å². The normalized spacial score (nSPS) is 17.2. The van der Waals surface area contributed by atoms with Gasteiger partial charge in [0.1, 0.15) is 11.9 Å². The van der Waals surface area contributed by atoms with E-state index in [2.05, 4.69) is 15.3 Å². The highest BCUT2D eigenvalue weighted by atomic mass is 16.2. The Morgan fingerprint density at radius 2 is 2.12 bits per heavy atom. The number of nitrogens with one attached hydrogen (secondary N) is 1. The largest absolute Gasteiger partial charge is 0.343 e. The van der Waals surface area contributed by atoms with Crippen molar-refractivity contribution >= 4 is 5.91 Å². The van der Waals surface area contributed by atoms with Gasteiger partial charge in [0.25, 0.3) is 0 Å². The molecule has 1 aliphatic heterocycles. The second-order valence-corrected chi connectivity index (χ2v) is 6.14. The van der Waals surface area contributed by atoms with Crippen molar-refractivity contribution in [3.05, 3.63) is 34.8 Å². The van der Waals surface area contributed by atoms with Gasteiger partial charge >= 0.3 is 5.69 Å². The first-order chi connectivity index (χ1) is 11.7. The molecule has 0 radical (unpaired) electrons. The van der Waals surface area contributed by atoms with E-state index >= 15 is 0 Å². The van der Waals surface area contributed by atoms with Gasteiger partial charge in [-0.3, -0.25) is 14.0 Å². The van der Waals surface area contributed by atoms with Crippen molar-refractivity contribution in [1.82, 2.24) is 29.4 Å². The SMILES string of the molecule is CC[C@H](C(=O)N1CCC(c2n[nH]c(=O)n2CC)CC1)n1cccn1. The minimum atomic E-state index is -0.240. The van der Waals surface area contributed by atoms with Gasteiger partial charge in [-0.1, -0.05) is 6.92 Å². The molecule has 1 fully saturated rings. The molecule has 0 unspecified atom stereocenters. The van der Waals surface area contributed by atoms with Gasteiger partial charge in [-0.05, 0) is 32.3 Å². The van der Waals surface area contributed by atoms with Crippen LogP contribution < -0.4 is 5.69 Å². The van der Waals surface area contributed by atoms with E-state index in [0.717, 1.165) is 25.1 Å². The van der Waals surface area contributed by atoms with Crippen LogP contribution in [0.1, 0.15) is 50.9 Å². The number of nitrogens with zero attached hydrogens (tertiary/aromatic N) is 5. The number of piperidine rings is 1. The molecule has 8 nitrogen and oxygen atoms in total. The number of carbonyl (C=O) groups is 1.